The molecule has 24 heavy (non-hydrogen) atoms. The summed E-state index contributed by atoms with van der Waals surface area (Å²) in [7, 11) is 1.58. The average molecular weight is 347 g/mol. The van der Waals surface area contributed by atoms with Gasteiger partial charge in [0.05, 0.1) is 13.3 Å². The molecule has 0 bridgehead atoms. The summed E-state index contributed by atoms with van der Waals surface area (Å²) in [5, 5.41) is 7.26. The van der Waals surface area contributed by atoms with E-state index in [1.807, 2.05) is 48.5 Å². The third-order valence-corrected chi connectivity index (χ3v) is 3.50. The van der Waals surface area contributed by atoms with Gasteiger partial charge in [-0.05, 0) is 36.2 Å². The van der Waals surface area contributed by atoms with Crippen LogP contribution in [0.25, 0.3) is 0 Å². The largest absolute Gasteiger partial charge is 0.496 e. The highest BCUT2D eigenvalue weighted by Gasteiger charge is 2.02. The Balaban J connectivity index is 1.67. The SMILES string of the molecule is COc1ccccc1/C=N\OCC(=O)NCCc1ccc(Cl)cc1. The van der Waals surface area contributed by atoms with Crippen LogP contribution in [0.2, 0.25) is 5.02 Å². The third kappa shape index (κ3) is 5.93. The van der Waals surface area contributed by atoms with E-state index in [9.17, 15) is 4.79 Å². The van der Waals surface area contributed by atoms with E-state index in [4.69, 9.17) is 21.2 Å². The number of para-hydroxylation sites is 1. The zero-order valence-corrected chi connectivity index (χ0v) is 14.1. The number of oxime groups is 1. The van der Waals surface area contributed by atoms with Crippen molar-refractivity contribution in [1.29, 1.82) is 0 Å². The van der Waals surface area contributed by atoms with E-state index in [2.05, 4.69) is 10.5 Å². The molecule has 0 aliphatic carbocycles. The number of carbonyl (C=O) groups is 1. The fourth-order valence-electron chi connectivity index (χ4n) is 2.01. The first-order chi connectivity index (χ1) is 11.7. The number of benzene rings is 2. The molecule has 1 N–H and O–H groups in total. The second kappa shape index (κ2) is 9.57. The number of nitrogens with zero attached hydrogens (tertiary/aromatic N) is 1. The number of halogens is 1. The van der Waals surface area contributed by atoms with Crippen molar-refractivity contribution in [3.63, 3.8) is 0 Å². The van der Waals surface area contributed by atoms with E-state index in [1.54, 1.807) is 7.11 Å². The van der Waals surface area contributed by atoms with Gasteiger partial charge in [0.1, 0.15) is 5.75 Å². The minimum Gasteiger partial charge on any atom is -0.496 e. The summed E-state index contributed by atoms with van der Waals surface area (Å²) in [6.07, 6.45) is 2.24. The summed E-state index contributed by atoms with van der Waals surface area (Å²) >= 11 is 5.82. The molecule has 0 fully saturated rings. The number of hydrogen-bond donors (Lipinski definition) is 1. The van der Waals surface area contributed by atoms with Crippen molar-refractivity contribution < 1.29 is 14.4 Å². The number of ether oxygens (including phenoxy) is 1. The van der Waals surface area contributed by atoms with Gasteiger partial charge in [-0.1, -0.05) is 41.0 Å². The van der Waals surface area contributed by atoms with Gasteiger partial charge >= 0.3 is 0 Å². The zero-order valence-electron chi connectivity index (χ0n) is 13.4. The van der Waals surface area contributed by atoms with E-state index in [-0.39, 0.29) is 12.5 Å². The quantitative estimate of drug-likeness (QED) is 0.590. The fourth-order valence-corrected chi connectivity index (χ4v) is 2.14. The van der Waals surface area contributed by atoms with Crippen LogP contribution in [0.3, 0.4) is 0 Å². The second-order valence-electron chi connectivity index (χ2n) is 4.98. The molecule has 1 amide bonds. The van der Waals surface area contributed by atoms with Gasteiger partial charge < -0.3 is 14.9 Å². The standard InChI is InChI=1S/C18H19ClN2O3/c1-23-17-5-3-2-4-15(17)12-21-24-13-18(22)20-11-10-14-6-8-16(19)9-7-14/h2-9,12H,10-11,13H2,1H3,(H,20,22)/b21-12-. The molecule has 0 spiro atoms. The molecule has 0 unspecified atom stereocenters. The first-order valence-corrected chi connectivity index (χ1v) is 7.86. The van der Waals surface area contributed by atoms with Crippen LogP contribution in [0.1, 0.15) is 11.1 Å². The highest BCUT2D eigenvalue weighted by atomic mass is 35.5. The maximum atomic E-state index is 11.7. The van der Waals surface area contributed by atoms with Gasteiger partial charge in [-0.3, -0.25) is 4.79 Å². The van der Waals surface area contributed by atoms with Crippen molar-refractivity contribution >= 4 is 23.7 Å². The van der Waals surface area contributed by atoms with E-state index < -0.39 is 0 Å². The van der Waals surface area contributed by atoms with Crippen LogP contribution < -0.4 is 10.1 Å². The van der Waals surface area contributed by atoms with Crippen molar-refractivity contribution in [3.05, 3.63) is 64.7 Å². The summed E-state index contributed by atoms with van der Waals surface area (Å²) in [5.74, 6) is 0.471. The number of amides is 1. The minimum absolute atomic E-state index is 0.133. The Kier molecular flexibility index (Phi) is 7.11. The van der Waals surface area contributed by atoms with Gasteiger partial charge in [0.2, 0.25) is 0 Å². The predicted octanol–water partition coefficient (Wildman–Crippen LogP) is 3.06. The molecule has 0 heterocycles. The maximum Gasteiger partial charge on any atom is 0.260 e. The summed E-state index contributed by atoms with van der Waals surface area (Å²) in [6.45, 7) is 0.395. The minimum atomic E-state index is -0.221. The highest BCUT2D eigenvalue weighted by molar-refractivity contribution is 6.30. The van der Waals surface area contributed by atoms with Crippen LogP contribution in [-0.2, 0) is 16.1 Å². The number of carbonyl (C=O) groups excluding carboxylic acids is 1. The van der Waals surface area contributed by atoms with Gasteiger partial charge in [0, 0.05) is 17.1 Å². The summed E-state index contributed by atoms with van der Waals surface area (Å²) in [4.78, 5) is 16.7. The van der Waals surface area contributed by atoms with E-state index in [1.165, 1.54) is 6.21 Å². The lowest BCUT2D eigenvalue weighted by Gasteiger charge is -2.05. The Labute approximate surface area is 146 Å². The van der Waals surface area contributed by atoms with Gasteiger partial charge in [0.15, 0.2) is 6.61 Å². The van der Waals surface area contributed by atoms with E-state index in [0.29, 0.717) is 17.3 Å². The van der Waals surface area contributed by atoms with Crippen LogP contribution >= 0.6 is 11.6 Å². The molecule has 0 saturated heterocycles. The zero-order chi connectivity index (χ0) is 17.2. The van der Waals surface area contributed by atoms with Crippen molar-refractivity contribution in [2.75, 3.05) is 20.3 Å². The van der Waals surface area contributed by atoms with E-state index >= 15 is 0 Å². The Bertz CT molecular complexity index is 687. The number of methoxy groups -OCH3 is 1. The second-order valence-corrected chi connectivity index (χ2v) is 5.41. The predicted molar refractivity (Wildman–Crippen MR) is 94.7 cm³/mol. The summed E-state index contributed by atoms with van der Waals surface area (Å²) in [5.41, 5.74) is 1.89. The molecule has 0 saturated carbocycles. The van der Waals surface area contributed by atoms with Crippen LogP contribution in [0.5, 0.6) is 5.75 Å². The topological polar surface area (TPSA) is 59.9 Å². The normalized spacial score (nSPS) is 10.6. The fraction of sp³-hybridized carbons (Fsp3) is 0.222. The molecule has 0 atom stereocenters. The third-order valence-electron chi connectivity index (χ3n) is 3.25. The smallest absolute Gasteiger partial charge is 0.260 e. The van der Waals surface area contributed by atoms with Crippen molar-refractivity contribution in [3.8, 4) is 5.75 Å². The van der Waals surface area contributed by atoms with Crippen LogP contribution in [-0.4, -0.2) is 32.4 Å². The number of hydrogen-bond acceptors (Lipinski definition) is 4. The lowest BCUT2D eigenvalue weighted by molar-refractivity contribution is -0.125. The van der Waals surface area contributed by atoms with Crippen LogP contribution in [0.15, 0.2) is 53.7 Å². The first kappa shape index (κ1) is 17.8. The monoisotopic (exact) mass is 346 g/mol. The molecule has 0 radical (unpaired) electrons. The molecule has 2 aromatic rings. The molecular weight excluding hydrogens is 328 g/mol. The molecule has 5 nitrogen and oxygen atoms in total. The number of nitrogens with one attached hydrogen (secondary N) is 1. The van der Waals surface area contributed by atoms with Crippen molar-refractivity contribution in [2.45, 2.75) is 6.42 Å². The summed E-state index contributed by atoms with van der Waals surface area (Å²) in [6, 6.07) is 14.9. The molecule has 0 aliphatic rings. The average Bonchev–Trinajstić information content (AvgIpc) is 2.61. The first-order valence-electron chi connectivity index (χ1n) is 7.48. The Hall–Kier alpha value is -2.53. The molecule has 0 aromatic heterocycles. The molecule has 0 aliphatic heterocycles. The lowest BCUT2D eigenvalue weighted by Crippen LogP contribution is -2.28. The summed E-state index contributed by atoms with van der Waals surface area (Å²) < 4.78 is 5.19. The van der Waals surface area contributed by atoms with Crippen molar-refractivity contribution in [2.24, 2.45) is 5.16 Å². The molecule has 2 rings (SSSR count). The Morgan fingerprint density at radius 3 is 2.71 bits per heavy atom. The van der Waals surface area contributed by atoms with Gasteiger partial charge in [-0.2, -0.15) is 0 Å². The number of rotatable bonds is 8. The van der Waals surface area contributed by atoms with Gasteiger partial charge in [-0.15, -0.1) is 0 Å². The van der Waals surface area contributed by atoms with Crippen LogP contribution in [0, 0.1) is 0 Å². The maximum absolute atomic E-state index is 11.7. The molecular formula is C18H19ClN2O3. The molecule has 6 heteroatoms. The van der Waals surface area contributed by atoms with Gasteiger partial charge in [-0.25, -0.2) is 0 Å². The Morgan fingerprint density at radius 1 is 1.21 bits per heavy atom. The van der Waals surface area contributed by atoms with Gasteiger partial charge in [0.25, 0.3) is 5.91 Å². The Morgan fingerprint density at radius 2 is 1.96 bits per heavy atom. The molecule has 126 valence electrons. The molecule has 2 aromatic carbocycles. The van der Waals surface area contributed by atoms with Crippen LogP contribution in [0.4, 0.5) is 0 Å². The van der Waals surface area contributed by atoms with Crippen molar-refractivity contribution in [1.82, 2.24) is 5.32 Å². The lowest BCUT2D eigenvalue weighted by atomic mass is 10.1. The highest BCUT2D eigenvalue weighted by Crippen LogP contribution is 2.14. The van der Waals surface area contributed by atoms with E-state index in [0.717, 1.165) is 17.5 Å².